The fourth-order valence-electron chi connectivity index (χ4n) is 0.709. The number of ketones is 1. The van der Waals surface area contributed by atoms with Gasteiger partial charge in [-0.05, 0) is 20.8 Å². The van der Waals surface area contributed by atoms with Crippen molar-refractivity contribution in [2.75, 3.05) is 19.8 Å². The summed E-state index contributed by atoms with van der Waals surface area (Å²) in [6.45, 7) is 6.07. The van der Waals surface area contributed by atoms with E-state index in [0.29, 0.717) is 19.8 Å². The largest absolute Gasteiger partial charge is 0.508 e. The first kappa shape index (κ1) is 15.2. The Labute approximate surface area is 99.0 Å². The van der Waals surface area contributed by atoms with Gasteiger partial charge in [0.25, 0.3) is 0 Å². The van der Waals surface area contributed by atoms with Crippen LogP contribution in [0.4, 0.5) is 9.59 Å². The summed E-state index contributed by atoms with van der Waals surface area (Å²) in [4.78, 5) is 29.3. The predicted molar refractivity (Wildman–Crippen MR) is 55.6 cm³/mol. The van der Waals surface area contributed by atoms with Crippen LogP contribution in [0.5, 0.6) is 0 Å². The summed E-state index contributed by atoms with van der Waals surface area (Å²) in [5.74, 6) is 0.167. The molecule has 2 saturated heterocycles. The van der Waals surface area contributed by atoms with Crippen molar-refractivity contribution < 1.29 is 33.3 Å². The Morgan fingerprint density at radius 1 is 1.06 bits per heavy atom. The molecule has 0 aromatic carbocycles. The van der Waals surface area contributed by atoms with Gasteiger partial charge in [0, 0.05) is 0 Å². The van der Waals surface area contributed by atoms with Crippen LogP contribution < -0.4 is 0 Å². The van der Waals surface area contributed by atoms with Crippen LogP contribution in [0.2, 0.25) is 0 Å². The van der Waals surface area contributed by atoms with Crippen LogP contribution in [0, 0.1) is 0 Å². The summed E-state index contributed by atoms with van der Waals surface area (Å²) in [5.41, 5.74) is 0. The second-order valence-corrected chi connectivity index (χ2v) is 3.34. The zero-order valence-electron chi connectivity index (χ0n) is 10.1. The number of rotatable bonds is 0. The first-order chi connectivity index (χ1) is 7.91. The maximum atomic E-state index is 10.0. The lowest BCUT2D eigenvalue weighted by atomic mass is 10.5. The molecule has 7 nitrogen and oxygen atoms in total. The van der Waals surface area contributed by atoms with Crippen LogP contribution >= 0.6 is 0 Å². The molecule has 1 atom stereocenters. The summed E-state index contributed by atoms with van der Waals surface area (Å²) >= 11 is 0. The minimum Gasteiger partial charge on any atom is -0.431 e. The van der Waals surface area contributed by atoms with Gasteiger partial charge >= 0.3 is 12.3 Å². The van der Waals surface area contributed by atoms with Gasteiger partial charge in [0.1, 0.15) is 31.7 Å². The van der Waals surface area contributed by atoms with Gasteiger partial charge in [-0.25, -0.2) is 9.59 Å². The quantitative estimate of drug-likeness (QED) is 0.597. The van der Waals surface area contributed by atoms with Crippen molar-refractivity contribution in [1.82, 2.24) is 0 Å². The van der Waals surface area contributed by atoms with Crippen LogP contribution in [0.25, 0.3) is 0 Å². The molecule has 98 valence electrons. The van der Waals surface area contributed by atoms with Crippen molar-refractivity contribution >= 4 is 18.1 Å². The molecule has 1 unspecified atom stereocenters. The molecule has 2 rings (SSSR count). The number of ether oxygens (including phenoxy) is 4. The number of carbonyl (C=O) groups excluding carboxylic acids is 3. The van der Waals surface area contributed by atoms with Gasteiger partial charge in [-0.2, -0.15) is 0 Å². The van der Waals surface area contributed by atoms with Gasteiger partial charge in [0.2, 0.25) is 0 Å². The standard InChI is InChI=1S/C4H6O3.C3H4O3.C3H6O/c1-3-2-6-4(5)7-3;4-3-5-1-2-6-3;1-3(2)4/h3H,2H2,1H3;1-2H2;1-2H3. The monoisotopic (exact) mass is 248 g/mol. The molecule has 0 spiro atoms. The van der Waals surface area contributed by atoms with Crippen molar-refractivity contribution in [3.05, 3.63) is 0 Å². The summed E-state index contributed by atoms with van der Waals surface area (Å²) < 4.78 is 17.5. The highest BCUT2D eigenvalue weighted by Crippen LogP contribution is 2.02. The fourth-order valence-corrected chi connectivity index (χ4v) is 0.709. The smallest absolute Gasteiger partial charge is 0.431 e. The Morgan fingerprint density at radius 2 is 1.53 bits per heavy atom. The molecule has 0 N–H and O–H groups in total. The van der Waals surface area contributed by atoms with E-state index in [0.717, 1.165) is 0 Å². The summed E-state index contributed by atoms with van der Waals surface area (Å²) in [5, 5.41) is 0. The second-order valence-electron chi connectivity index (χ2n) is 3.34. The van der Waals surface area contributed by atoms with E-state index in [-0.39, 0.29) is 11.9 Å². The molecule has 7 heteroatoms. The lowest BCUT2D eigenvalue weighted by Gasteiger charge is -1.90. The molecule has 2 fully saturated rings. The average Bonchev–Trinajstić information content (AvgIpc) is 2.78. The first-order valence-electron chi connectivity index (χ1n) is 5.02. The van der Waals surface area contributed by atoms with Crippen molar-refractivity contribution in [3.8, 4) is 0 Å². The number of hydrogen-bond donors (Lipinski definition) is 0. The second kappa shape index (κ2) is 8.37. The van der Waals surface area contributed by atoms with E-state index in [1.807, 2.05) is 0 Å². The summed E-state index contributed by atoms with van der Waals surface area (Å²) in [6.07, 6.45) is -1.14. The van der Waals surface area contributed by atoms with Crippen molar-refractivity contribution in [3.63, 3.8) is 0 Å². The third-order valence-electron chi connectivity index (χ3n) is 1.26. The number of cyclic esters (lactones) is 4. The third kappa shape index (κ3) is 10.5. The minimum atomic E-state index is -0.549. The Kier molecular flexibility index (Phi) is 7.49. The van der Waals surface area contributed by atoms with Gasteiger partial charge < -0.3 is 23.7 Å². The molecular formula is C10H16O7. The Bertz CT molecular complexity index is 262. The molecule has 0 bridgehead atoms. The zero-order valence-corrected chi connectivity index (χ0v) is 10.1. The van der Waals surface area contributed by atoms with E-state index in [4.69, 9.17) is 0 Å². The molecule has 0 saturated carbocycles. The summed E-state index contributed by atoms with van der Waals surface area (Å²) in [7, 11) is 0. The maximum absolute atomic E-state index is 10.0. The molecule has 0 amide bonds. The van der Waals surface area contributed by atoms with E-state index in [1.165, 1.54) is 13.8 Å². The van der Waals surface area contributed by atoms with E-state index >= 15 is 0 Å². The fraction of sp³-hybridized carbons (Fsp3) is 0.700. The van der Waals surface area contributed by atoms with Gasteiger partial charge in [-0.3, -0.25) is 0 Å². The number of Topliss-reactive ketones (excluding diaryl/α,β-unsaturated/α-hetero) is 1. The highest BCUT2D eigenvalue weighted by atomic mass is 16.8. The van der Waals surface area contributed by atoms with E-state index in [2.05, 4.69) is 18.9 Å². The Morgan fingerprint density at radius 3 is 1.65 bits per heavy atom. The highest BCUT2D eigenvalue weighted by Gasteiger charge is 2.19. The molecule has 2 aliphatic heterocycles. The van der Waals surface area contributed by atoms with Crippen LogP contribution in [0.1, 0.15) is 20.8 Å². The molecule has 0 aromatic heterocycles. The van der Waals surface area contributed by atoms with Crippen LogP contribution in [0.3, 0.4) is 0 Å². The lowest BCUT2D eigenvalue weighted by molar-refractivity contribution is -0.115. The zero-order chi connectivity index (χ0) is 13.3. The molecule has 0 aliphatic carbocycles. The number of hydrogen-bond acceptors (Lipinski definition) is 7. The molecule has 0 aromatic rings. The summed E-state index contributed by atoms with van der Waals surface area (Å²) in [6, 6.07) is 0. The maximum Gasteiger partial charge on any atom is 0.508 e. The van der Waals surface area contributed by atoms with Crippen molar-refractivity contribution in [2.24, 2.45) is 0 Å². The Hall–Kier alpha value is -1.79. The van der Waals surface area contributed by atoms with Gasteiger partial charge in [-0.15, -0.1) is 0 Å². The Balaban J connectivity index is 0.000000236. The van der Waals surface area contributed by atoms with E-state index < -0.39 is 12.3 Å². The molecule has 0 radical (unpaired) electrons. The van der Waals surface area contributed by atoms with Gasteiger partial charge in [-0.1, -0.05) is 0 Å². The third-order valence-corrected chi connectivity index (χ3v) is 1.26. The van der Waals surface area contributed by atoms with Crippen LogP contribution in [-0.4, -0.2) is 44.0 Å². The average molecular weight is 248 g/mol. The van der Waals surface area contributed by atoms with E-state index in [1.54, 1.807) is 6.92 Å². The van der Waals surface area contributed by atoms with Gasteiger partial charge in [0.05, 0.1) is 0 Å². The van der Waals surface area contributed by atoms with Crippen molar-refractivity contribution in [1.29, 1.82) is 0 Å². The number of carbonyl (C=O) groups is 3. The van der Waals surface area contributed by atoms with E-state index in [9.17, 15) is 14.4 Å². The normalized spacial score (nSPS) is 20.5. The highest BCUT2D eigenvalue weighted by molar-refractivity contribution is 5.72. The molecule has 17 heavy (non-hydrogen) atoms. The topological polar surface area (TPSA) is 88.1 Å². The lowest BCUT2D eigenvalue weighted by Crippen LogP contribution is -2.01. The first-order valence-corrected chi connectivity index (χ1v) is 5.02. The van der Waals surface area contributed by atoms with Crippen LogP contribution in [-0.2, 0) is 23.7 Å². The molecular weight excluding hydrogens is 232 g/mol. The van der Waals surface area contributed by atoms with Gasteiger partial charge in [0.15, 0.2) is 0 Å². The van der Waals surface area contributed by atoms with Crippen LogP contribution in [0.15, 0.2) is 0 Å². The predicted octanol–water partition coefficient (Wildman–Crippen LogP) is 1.29. The minimum absolute atomic E-state index is 0.0486. The molecule has 2 heterocycles. The van der Waals surface area contributed by atoms with Crippen molar-refractivity contribution in [2.45, 2.75) is 26.9 Å². The molecule has 2 aliphatic rings. The SMILES string of the molecule is CC(C)=O.CC1COC(=O)O1.O=C1OCCO1.